The van der Waals surface area contributed by atoms with Crippen LogP contribution in [0.2, 0.25) is 0 Å². The fraction of sp³-hybridized carbons (Fsp3) is 0.556. The van der Waals surface area contributed by atoms with E-state index < -0.39 is 0 Å². The molecule has 0 unspecified atom stereocenters. The van der Waals surface area contributed by atoms with E-state index in [2.05, 4.69) is 33.5 Å². The van der Waals surface area contributed by atoms with Gasteiger partial charge in [-0.15, -0.1) is 5.10 Å². The Morgan fingerprint density at radius 2 is 2.31 bits per heavy atom. The van der Waals surface area contributed by atoms with Gasteiger partial charge < -0.3 is 10.2 Å². The third-order valence-electron chi connectivity index (χ3n) is 2.39. The molecule has 2 heterocycles. The lowest BCUT2D eigenvalue weighted by atomic mass is 10.1. The fourth-order valence-electron chi connectivity index (χ4n) is 1.59. The maximum Gasteiger partial charge on any atom is 0.148 e. The fourth-order valence-corrected chi connectivity index (χ4v) is 1.59. The summed E-state index contributed by atoms with van der Waals surface area (Å²) in [5, 5.41) is 11.2. The summed E-state index contributed by atoms with van der Waals surface area (Å²) in [5.41, 5.74) is 2.45. The highest BCUT2D eigenvalue weighted by atomic mass is 15.2. The van der Waals surface area contributed by atoms with E-state index in [9.17, 15) is 0 Å². The molecular weight excluding hydrogens is 164 g/mol. The van der Waals surface area contributed by atoms with Crippen LogP contribution in [0.15, 0.2) is 6.07 Å². The van der Waals surface area contributed by atoms with Crippen LogP contribution in [0.3, 0.4) is 0 Å². The van der Waals surface area contributed by atoms with Gasteiger partial charge in [0.15, 0.2) is 0 Å². The first-order valence-corrected chi connectivity index (χ1v) is 4.51. The van der Waals surface area contributed by atoms with Gasteiger partial charge in [0.2, 0.25) is 0 Å². The second-order valence-corrected chi connectivity index (χ2v) is 3.44. The minimum absolute atomic E-state index is 0.856. The molecule has 4 heteroatoms. The summed E-state index contributed by atoms with van der Waals surface area (Å²) in [6.45, 7) is 2.07. The monoisotopic (exact) mass is 178 g/mol. The van der Waals surface area contributed by atoms with Crippen molar-refractivity contribution < 1.29 is 0 Å². The number of aromatic nitrogens is 2. The summed E-state index contributed by atoms with van der Waals surface area (Å²) in [6, 6.07) is 2.08. The van der Waals surface area contributed by atoms with Crippen LogP contribution in [-0.4, -0.2) is 35.7 Å². The van der Waals surface area contributed by atoms with Crippen molar-refractivity contribution in [3.8, 4) is 0 Å². The second-order valence-electron chi connectivity index (χ2n) is 3.44. The lowest BCUT2D eigenvalue weighted by molar-refractivity contribution is 0.309. The molecule has 1 aliphatic heterocycles. The molecule has 2 rings (SSSR count). The maximum absolute atomic E-state index is 4.19. The van der Waals surface area contributed by atoms with Crippen LogP contribution in [-0.2, 0) is 13.0 Å². The van der Waals surface area contributed by atoms with Crippen LogP contribution in [0.4, 0.5) is 5.82 Å². The van der Waals surface area contributed by atoms with Crippen LogP contribution >= 0.6 is 0 Å². The first kappa shape index (κ1) is 8.44. The minimum Gasteiger partial charge on any atom is -0.372 e. The molecule has 0 saturated carbocycles. The molecule has 13 heavy (non-hydrogen) atoms. The van der Waals surface area contributed by atoms with Crippen molar-refractivity contribution in [1.29, 1.82) is 0 Å². The Kier molecular flexibility index (Phi) is 2.14. The van der Waals surface area contributed by atoms with E-state index in [0.29, 0.717) is 0 Å². The zero-order valence-electron chi connectivity index (χ0n) is 8.04. The summed E-state index contributed by atoms with van der Waals surface area (Å²) in [6.07, 6.45) is 1.02. The van der Waals surface area contributed by atoms with Crippen molar-refractivity contribution in [3.05, 3.63) is 17.3 Å². The van der Waals surface area contributed by atoms with E-state index in [0.717, 1.165) is 31.0 Å². The summed E-state index contributed by atoms with van der Waals surface area (Å²) < 4.78 is 0. The van der Waals surface area contributed by atoms with Crippen LogP contribution in [0, 0.1) is 0 Å². The molecular formula is C9H14N4. The molecule has 1 aromatic heterocycles. The molecule has 1 aromatic rings. The number of hydrogen-bond donors (Lipinski definition) is 1. The Bertz CT molecular complexity index is 310. The largest absolute Gasteiger partial charge is 0.372 e. The van der Waals surface area contributed by atoms with Gasteiger partial charge in [-0.1, -0.05) is 0 Å². The van der Waals surface area contributed by atoms with Gasteiger partial charge in [-0.25, -0.2) is 0 Å². The van der Waals surface area contributed by atoms with Crippen molar-refractivity contribution in [2.45, 2.75) is 13.0 Å². The highest BCUT2D eigenvalue weighted by molar-refractivity contribution is 5.38. The van der Waals surface area contributed by atoms with Gasteiger partial charge in [0, 0.05) is 26.6 Å². The van der Waals surface area contributed by atoms with Crippen LogP contribution in [0.25, 0.3) is 0 Å². The smallest absolute Gasteiger partial charge is 0.148 e. The van der Waals surface area contributed by atoms with E-state index in [1.165, 1.54) is 5.56 Å². The number of anilines is 1. The van der Waals surface area contributed by atoms with Crippen LogP contribution < -0.4 is 5.32 Å². The molecule has 0 spiro atoms. The average Bonchev–Trinajstić information content (AvgIpc) is 2.16. The zero-order chi connectivity index (χ0) is 9.26. The molecule has 0 fully saturated rings. The van der Waals surface area contributed by atoms with Gasteiger partial charge >= 0.3 is 0 Å². The summed E-state index contributed by atoms with van der Waals surface area (Å²) in [4.78, 5) is 2.30. The topological polar surface area (TPSA) is 41.1 Å². The Morgan fingerprint density at radius 3 is 3.08 bits per heavy atom. The van der Waals surface area contributed by atoms with E-state index >= 15 is 0 Å². The molecule has 0 amide bonds. The van der Waals surface area contributed by atoms with Crippen molar-refractivity contribution in [3.63, 3.8) is 0 Å². The van der Waals surface area contributed by atoms with Crippen molar-refractivity contribution in [1.82, 2.24) is 15.1 Å². The van der Waals surface area contributed by atoms with E-state index in [-0.39, 0.29) is 0 Å². The first-order valence-electron chi connectivity index (χ1n) is 4.51. The van der Waals surface area contributed by atoms with Gasteiger partial charge in [-0.05, 0) is 18.7 Å². The van der Waals surface area contributed by atoms with Gasteiger partial charge in [0.25, 0.3) is 0 Å². The molecule has 4 nitrogen and oxygen atoms in total. The molecule has 70 valence electrons. The Morgan fingerprint density at radius 1 is 1.46 bits per heavy atom. The zero-order valence-corrected chi connectivity index (χ0v) is 8.04. The van der Waals surface area contributed by atoms with Gasteiger partial charge in [0.05, 0.1) is 5.69 Å². The van der Waals surface area contributed by atoms with E-state index in [1.54, 1.807) is 0 Å². The molecule has 0 atom stereocenters. The quantitative estimate of drug-likeness (QED) is 0.680. The normalized spacial score (nSPS) is 16.8. The lowest BCUT2D eigenvalue weighted by Crippen LogP contribution is -2.27. The Hall–Kier alpha value is -1.16. The van der Waals surface area contributed by atoms with Gasteiger partial charge in [-0.3, -0.25) is 0 Å². The predicted molar refractivity (Wildman–Crippen MR) is 51.6 cm³/mol. The summed E-state index contributed by atoms with van der Waals surface area (Å²) >= 11 is 0. The van der Waals surface area contributed by atoms with E-state index in [1.807, 2.05) is 7.05 Å². The molecule has 0 bridgehead atoms. The van der Waals surface area contributed by atoms with E-state index in [4.69, 9.17) is 0 Å². The highest BCUT2D eigenvalue weighted by Crippen LogP contribution is 2.16. The van der Waals surface area contributed by atoms with Crippen LogP contribution in [0.1, 0.15) is 11.3 Å². The molecule has 1 aliphatic rings. The SMILES string of the molecule is CNc1cc2c(nn1)CCN(C)C2. The molecule has 0 saturated heterocycles. The molecule has 0 radical (unpaired) electrons. The third-order valence-corrected chi connectivity index (χ3v) is 2.39. The second kappa shape index (κ2) is 3.30. The number of rotatable bonds is 1. The standard InChI is InChI=1S/C9H14N4/c1-10-9-5-7-6-13(2)4-3-8(7)11-12-9/h5H,3-4,6H2,1-2H3,(H,10,12). The Labute approximate surface area is 78.0 Å². The van der Waals surface area contributed by atoms with Crippen molar-refractivity contribution in [2.75, 3.05) is 26.0 Å². The number of likely N-dealkylation sites (N-methyl/N-ethyl adjacent to an activating group) is 1. The van der Waals surface area contributed by atoms with Crippen LogP contribution in [0.5, 0.6) is 0 Å². The molecule has 1 N–H and O–H groups in total. The highest BCUT2D eigenvalue weighted by Gasteiger charge is 2.14. The number of nitrogens with zero attached hydrogens (tertiary/aromatic N) is 3. The number of nitrogens with one attached hydrogen (secondary N) is 1. The Balaban J connectivity index is 2.32. The van der Waals surface area contributed by atoms with Gasteiger partial charge in [0.1, 0.15) is 5.82 Å². The number of fused-ring (bicyclic) bond motifs is 1. The lowest BCUT2D eigenvalue weighted by Gasteiger charge is -2.23. The maximum atomic E-state index is 4.19. The first-order chi connectivity index (χ1) is 6.29. The summed E-state index contributed by atoms with van der Waals surface area (Å²) in [7, 11) is 3.99. The predicted octanol–water partition coefficient (Wildman–Crippen LogP) is 0.506. The molecule has 0 aromatic carbocycles. The van der Waals surface area contributed by atoms with Crippen molar-refractivity contribution >= 4 is 5.82 Å². The third kappa shape index (κ3) is 1.62. The number of hydrogen-bond acceptors (Lipinski definition) is 4. The minimum atomic E-state index is 0.856. The molecule has 0 aliphatic carbocycles. The van der Waals surface area contributed by atoms with Crippen molar-refractivity contribution in [2.24, 2.45) is 0 Å². The average molecular weight is 178 g/mol. The van der Waals surface area contributed by atoms with Gasteiger partial charge in [-0.2, -0.15) is 5.10 Å². The summed E-state index contributed by atoms with van der Waals surface area (Å²) in [5.74, 6) is 0.856.